The van der Waals surface area contributed by atoms with Crippen molar-refractivity contribution >= 4 is 27.5 Å². The lowest BCUT2D eigenvalue weighted by Gasteiger charge is -2.50. The van der Waals surface area contributed by atoms with Crippen molar-refractivity contribution in [1.29, 1.82) is 0 Å². The van der Waals surface area contributed by atoms with Crippen LogP contribution >= 0.6 is 11.8 Å². The summed E-state index contributed by atoms with van der Waals surface area (Å²) >= 11 is 1.43. The predicted molar refractivity (Wildman–Crippen MR) is 182 cm³/mol. The molecule has 14 nitrogen and oxygen atoms in total. The molecule has 6 fully saturated rings. The van der Waals surface area contributed by atoms with Crippen molar-refractivity contribution in [1.82, 2.24) is 37.0 Å². The highest BCUT2D eigenvalue weighted by Crippen LogP contribution is 2.57. The molecular formula is C31H54F2N8O6S2. The average molecular weight is 737 g/mol. The summed E-state index contributed by atoms with van der Waals surface area (Å²) in [7, 11) is -2.23. The van der Waals surface area contributed by atoms with E-state index in [1.165, 1.54) is 18.7 Å². The lowest BCUT2D eigenvalue weighted by Crippen LogP contribution is -2.75. The van der Waals surface area contributed by atoms with Crippen molar-refractivity contribution in [3.8, 4) is 0 Å². The normalized spacial score (nSPS) is 42.1. The second-order valence-electron chi connectivity index (χ2n) is 15.1. The average Bonchev–Trinajstić information content (AvgIpc) is 3.78. The van der Waals surface area contributed by atoms with Crippen LogP contribution in [0, 0.1) is 16.0 Å². The fourth-order valence-electron chi connectivity index (χ4n) is 9.08. The van der Waals surface area contributed by atoms with Crippen molar-refractivity contribution in [3.05, 3.63) is 10.1 Å². The third kappa shape index (κ3) is 7.92. The molecule has 6 rings (SSSR count). The molecule has 3 heterocycles. The van der Waals surface area contributed by atoms with Gasteiger partial charge < -0.3 is 10.1 Å². The van der Waals surface area contributed by atoms with Crippen LogP contribution in [0.4, 0.5) is 8.78 Å². The highest BCUT2D eigenvalue weighted by Gasteiger charge is 2.66. The molecule has 12 atom stereocenters. The molecule has 3 aliphatic heterocycles. The van der Waals surface area contributed by atoms with Gasteiger partial charge in [-0.2, -0.15) is 0 Å². The summed E-state index contributed by atoms with van der Waals surface area (Å²) < 4.78 is 64.3. The summed E-state index contributed by atoms with van der Waals surface area (Å²) in [4.78, 5) is 24.8. The molecular weight excluding hydrogens is 683 g/mol. The lowest BCUT2D eigenvalue weighted by atomic mass is 9.81. The molecule has 3 saturated carbocycles. The smallest absolute Gasteiger partial charge is 0.244 e. The van der Waals surface area contributed by atoms with Gasteiger partial charge in [0.15, 0.2) is 16.0 Å². The van der Waals surface area contributed by atoms with E-state index in [0.717, 1.165) is 32.4 Å². The Balaban J connectivity index is 1.12. The summed E-state index contributed by atoms with van der Waals surface area (Å²) in [6.07, 6.45) is 0.328. The monoisotopic (exact) mass is 736 g/mol. The van der Waals surface area contributed by atoms with E-state index in [1.807, 2.05) is 0 Å². The van der Waals surface area contributed by atoms with E-state index in [0.29, 0.717) is 19.3 Å². The number of alkyl halides is 2. The van der Waals surface area contributed by atoms with Gasteiger partial charge in [0.2, 0.25) is 11.9 Å². The minimum atomic E-state index is -3.91. The number of hydrogen-bond donors (Lipinski definition) is 6. The maximum absolute atomic E-state index is 16.1. The molecule has 0 spiro atoms. The Hall–Kier alpha value is -1.25. The van der Waals surface area contributed by atoms with Crippen LogP contribution in [0.15, 0.2) is 0 Å². The Bertz CT molecular complexity index is 1290. The first-order valence-electron chi connectivity index (χ1n) is 18.0. The second-order valence-corrected chi connectivity index (χ2v) is 19.0. The number of likely N-dealkylation sites (tertiary alicyclic amines) is 1. The highest BCUT2D eigenvalue weighted by molar-refractivity contribution is 8.00. The minimum Gasteiger partial charge on any atom is -0.375 e. The van der Waals surface area contributed by atoms with Crippen LogP contribution in [0.25, 0.3) is 0 Å². The zero-order valence-corrected chi connectivity index (χ0v) is 30.2. The summed E-state index contributed by atoms with van der Waals surface area (Å²) in [5.41, 5.74) is 6.15. The number of rotatable bonds is 11. The number of sulfone groups is 1. The van der Waals surface area contributed by atoms with Crippen LogP contribution in [0.3, 0.4) is 0 Å². The van der Waals surface area contributed by atoms with Crippen LogP contribution in [-0.2, 0) is 19.4 Å². The number of carbonyl (C=O) groups is 1. The summed E-state index contributed by atoms with van der Waals surface area (Å²) in [6.45, 7) is 5.11. The molecule has 3 saturated heterocycles. The summed E-state index contributed by atoms with van der Waals surface area (Å²) in [5.74, 6) is -0.950. The molecule has 3 aliphatic carbocycles. The molecule has 18 heteroatoms. The highest BCUT2D eigenvalue weighted by atomic mass is 32.2. The Morgan fingerprint density at radius 1 is 1.06 bits per heavy atom. The maximum atomic E-state index is 16.1. The van der Waals surface area contributed by atoms with Gasteiger partial charge in [0.05, 0.1) is 28.5 Å². The number of nitrogens with one attached hydrogen (secondary N) is 6. The first-order valence-corrected chi connectivity index (χ1v) is 20.5. The van der Waals surface area contributed by atoms with E-state index >= 15 is 8.78 Å². The number of nitro groups is 1. The molecule has 280 valence electrons. The van der Waals surface area contributed by atoms with E-state index in [2.05, 4.69) is 43.9 Å². The molecule has 6 aliphatic rings. The fraction of sp³-hybridized carbons (Fsp3) is 0.968. The number of halogens is 2. The van der Waals surface area contributed by atoms with Crippen molar-refractivity contribution in [2.75, 3.05) is 20.2 Å². The number of carbonyl (C=O) groups excluding carboxylic acids is 1. The lowest BCUT2D eigenvalue weighted by molar-refractivity contribution is -0.536. The molecule has 0 radical (unpaired) electrons. The van der Waals surface area contributed by atoms with Gasteiger partial charge in [-0.1, -0.05) is 0 Å². The first kappa shape index (κ1) is 37.5. The Morgan fingerprint density at radius 2 is 1.80 bits per heavy atom. The van der Waals surface area contributed by atoms with E-state index in [1.54, 1.807) is 7.11 Å². The molecule has 0 aromatic carbocycles. The molecule has 1 amide bonds. The minimum absolute atomic E-state index is 0.0157. The largest absolute Gasteiger partial charge is 0.375 e. The molecule has 0 aromatic rings. The number of methoxy groups -OCH3 is 1. The summed E-state index contributed by atoms with van der Waals surface area (Å²) in [5, 5.41) is 24.0. The third-order valence-corrected chi connectivity index (χ3v) is 16.4. The number of hydrogen-bond acceptors (Lipinski definition) is 13. The van der Waals surface area contributed by atoms with Gasteiger partial charge in [0.1, 0.15) is 17.8 Å². The Morgan fingerprint density at radius 3 is 2.39 bits per heavy atom. The van der Waals surface area contributed by atoms with Crippen molar-refractivity contribution in [2.45, 2.75) is 160 Å². The van der Waals surface area contributed by atoms with Crippen LogP contribution in [0.5, 0.6) is 0 Å². The number of thioether (sulfide) groups is 1. The predicted octanol–water partition coefficient (Wildman–Crippen LogP) is 1.26. The Kier molecular flexibility index (Phi) is 11.8. The first-order chi connectivity index (χ1) is 23.3. The van der Waals surface area contributed by atoms with Crippen LogP contribution in [0.1, 0.15) is 84.5 Å². The SMILES string of the molecule is COC1C(NC2CC(C)NN2)NC(SC2CCC(S(=O)(=O)C3(C4CCCC([N+](=O)[O-])C4F)CC3)CC2F)NC1N1CCC(NC(C)=O)CC1. The van der Waals surface area contributed by atoms with Gasteiger partial charge in [0, 0.05) is 61.7 Å². The number of hydrazine groups is 1. The van der Waals surface area contributed by atoms with Gasteiger partial charge in [-0.25, -0.2) is 22.6 Å². The molecule has 0 aromatic heterocycles. The van der Waals surface area contributed by atoms with Gasteiger partial charge in [-0.3, -0.25) is 41.2 Å². The van der Waals surface area contributed by atoms with E-state index < -0.39 is 54.3 Å². The third-order valence-electron chi connectivity index (χ3n) is 11.8. The van der Waals surface area contributed by atoms with Crippen molar-refractivity contribution in [2.24, 2.45) is 5.92 Å². The zero-order valence-electron chi connectivity index (χ0n) is 28.6. The molecule has 6 N–H and O–H groups in total. The van der Waals surface area contributed by atoms with Crippen LogP contribution in [0.2, 0.25) is 0 Å². The number of ether oxygens (including phenoxy) is 1. The van der Waals surface area contributed by atoms with E-state index in [-0.39, 0.29) is 80.2 Å². The maximum Gasteiger partial charge on any atom is 0.244 e. The fourth-order valence-corrected chi connectivity index (χ4v) is 13.3. The van der Waals surface area contributed by atoms with Gasteiger partial charge in [0.25, 0.3) is 0 Å². The second kappa shape index (κ2) is 15.4. The van der Waals surface area contributed by atoms with Gasteiger partial charge in [-0.05, 0) is 71.1 Å². The van der Waals surface area contributed by atoms with Gasteiger partial charge >= 0.3 is 0 Å². The molecule has 12 unspecified atom stereocenters. The zero-order chi connectivity index (χ0) is 35.1. The topological polar surface area (TPSA) is 179 Å². The van der Waals surface area contributed by atoms with Gasteiger partial charge in [-0.15, -0.1) is 11.8 Å². The Labute approximate surface area is 292 Å². The van der Waals surface area contributed by atoms with Crippen molar-refractivity contribution < 1.29 is 31.7 Å². The van der Waals surface area contributed by atoms with E-state index in [4.69, 9.17) is 4.74 Å². The standard InChI is InChI=1S/C31H54F2N8O6S2/c1-17-15-25(39-38-17)35-28-27(47-3)29(40-13-9-19(10-14-40)34-18(2)42)37-30(36-28)48-24-8-7-20(16-22(24)32)49(45,46)31(11-12-31)21-5-4-6-23(26(21)33)41(43)44/h17,19-30,35-39H,4-16H2,1-3H3,(H,34,42). The van der Waals surface area contributed by atoms with Crippen LogP contribution < -0.4 is 32.1 Å². The molecule has 49 heavy (non-hydrogen) atoms. The quantitative estimate of drug-likeness (QED) is 0.132. The van der Waals surface area contributed by atoms with Crippen molar-refractivity contribution in [3.63, 3.8) is 0 Å². The molecule has 0 bridgehead atoms. The summed E-state index contributed by atoms with van der Waals surface area (Å²) in [6, 6.07) is -0.982. The number of piperidine rings is 1. The van der Waals surface area contributed by atoms with Crippen LogP contribution in [-0.4, -0.2) is 120 Å². The number of nitrogens with zero attached hydrogens (tertiary/aromatic N) is 2. The number of amides is 1. The van der Waals surface area contributed by atoms with E-state index in [9.17, 15) is 23.3 Å².